The van der Waals surface area contributed by atoms with Crippen LogP contribution in [0, 0.1) is 16.0 Å². The van der Waals surface area contributed by atoms with Crippen LogP contribution in [0.25, 0.3) is 0 Å². The van der Waals surface area contributed by atoms with Gasteiger partial charge in [0.1, 0.15) is 6.20 Å². The summed E-state index contributed by atoms with van der Waals surface area (Å²) >= 11 is 0. The first kappa shape index (κ1) is 15.5. The maximum Gasteiger partial charge on any atom is 0.329 e. The van der Waals surface area contributed by atoms with Gasteiger partial charge in [0.15, 0.2) is 0 Å². The van der Waals surface area contributed by atoms with Crippen molar-refractivity contribution in [3.8, 4) is 0 Å². The molecule has 1 aliphatic heterocycles. The predicted octanol–water partition coefficient (Wildman–Crippen LogP) is 2.83. The maximum absolute atomic E-state index is 11.3. The molecule has 1 aliphatic rings. The van der Waals surface area contributed by atoms with Gasteiger partial charge >= 0.3 is 5.69 Å². The molecule has 0 bridgehead atoms. The zero-order chi connectivity index (χ0) is 15.4. The number of hydrogen-bond acceptors (Lipinski definition) is 6. The lowest BCUT2D eigenvalue weighted by Gasteiger charge is -2.37. The molecule has 0 amide bonds. The highest BCUT2D eigenvalue weighted by Crippen LogP contribution is 2.32. The lowest BCUT2D eigenvalue weighted by atomic mass is 9.95. The second kappa shape index (κ2) is 6.69. The van der Waals surface area contributed by atoms with Crippen LogP contribution in [0.2, 0.25) is 0 Å². The fourth-order valence-corrected chi connectivity index (χ4v) is 2.61. The largest absolute Gasteiger partial charge is 0.354 e. The number of hydrogen-bond donors (Lipinski definition) is 1. The number of nitrogens with zero attached hydrogens (tertiary/aromatic N) is 4. The molecular formula is C14H23N5O2. The van der Waals surface area contributed by atoms with Gasteiger partial charge in [-0.15, -0.1) is 0 Å². The number of nitro groups is 1. The van der Waals surface area contributed by atoms with E-state index in [4.69, 9.17) is 0 Å². The molecule has 0 aliphatic carbocycles. The summed E-state index contributed by atoms with van der Waals surface area (Å²) in [5.74, 6) is 1.42. The third kappa shape index (κ3) is 3.59. The van der Waals surface area contributed by atoms with Crippen LogP contribution in [0.4, 0.5) is 17.5 Å². The summed E-state index contributed by atoms with van der Waals surface area (Å²) in [6.45, 7) is 7.86. The van der Waals surface area contributed by atoms with Crippen molar-refractivity contribution >= 4 is 17.5 Å². The Labute approximate surface area is 124 Å². The van der Waals surface area contributed by atoms with Crippen LogP contribution in [-0.2, 0) is 0 Å². The first-order chi connectivity index (χ1) is 10.0. The van der Waals surface area contributed by atoms with Crippen LogP contribution in [0.1, 0.15) is 40.0 Å². The van der Waals surface area contributed by atoms with Gasteiger partial charge in [0.05, 0.1) is 4.92 Å². The molecule has 1 saturated heterocycles. The van der Waals surface area contributed by atoms with Crippen LogP contribution >= 0.6 is 0 Å². The van der Waals surface area contributed by atoms with Gasteiger partial charge in [-0.1, -0.05) is 13.8 Å². The maximum atomic E-state index is 11.3. The summed E-state index contributed by atoms with van der Waals surface area (Å²) in [4.78, 5) is 21.4. The second-order valence-corrected chi connectivity index (χ2v) is 5.77. The van der Waals surface area contributed by atoms with Crippen molar-refractivity contribution in [2.75, 3.05) is 23.3 Å². The van der Waals surface area contributed by atoms with E-state index in [1.54, 1.807) is 0 Å². The van der Waals surface area contributed by atoms with E-state index >= 15 is 0 Å². The highest BCUT2D eigenvalue weighted by atomic mass is 16.6. The van der Waals surface area contributed by atoms with Gasteiger partial charge in [-0.25, -0.2) is 4.98 Å². The van der Waals surface area contributed by atoms with Gasteiger partial charge in [0.25, 0.3) is 0 Å². The molecule has 7 nitrogen and oxygen atoms in total. The molecule has 2 unspecified atom stereocenters. The van der Waals surface area contributed by atoms with Crippen molar-refractivity contribution in [2.24, 2.45) is 5.92 Å². The molecule has 2 rings (SSSR count). The summed E-state index contributed by atoms with van der Waals surface area (Å²) in [6, 6.07) is 0.258. The summed E-state index contributed by atoms with van der Waals surface area (Å²) in [5.41, 5.74) is -0.0157. The van der Waals surface area contributed by atoms with E-state index in [1.165, 1.54) is 6.20 Å². The van der Waals surface area contributed by atoms with Crippen molar-refractivity contribution < 1.29 is 4.92 Å². The zero-order valence-electron chi connectivity index (χ0n) is 12.9. The van der Waals surface area contributed by atoms with E-state index < -0.39 is 4.92 Å². The van der Waals surface area contributed by atoms with E-state index in [-0.39, 0.29) is 11.7 Å². The molecule has 0 radical (unpaired) electrons. The third-order valence-electron chi connectivity index (χ3n) is 3.87. The smallest absolute Gasteiger partial charge is 0.329 e. The SMILES string of the molecule is CCCNc1ncc([N+](=O)[O-])c(N2CC(C)CCC2C)n1. The minimum Gasteiger partial charge on any atom is -0.354 e. The van der Waals surface area contributed by atoms with Crippen molar-refractivity contribution in [1.29, 1.82) is 0 Å². The number of nitrogens with one attached hydrogen (secondary N) is 1. The lowest BCUT2D eigenvalue weighted by Crippen LogP contribution is -2.42. The number of aromatic nitrogens is 2. The minimum absolute atomic E-state index is 0.0157. The Morgan fingerprint density at radius 3 is 2.90 bits per heavy atom. The molecule has 2 heterocycles. The topological polar surface area (TPSA) is 84.2 Å². The Bertz CT molecular complexity index is 508. The summed E-state index contributed by atoms with van der Waals surface area (Å²) in [6.07, 6.45) is 4.44. The van der Waals surface area contributed by atoms with Crippen LogP contribution in [0.5, 0.6) is 0 Å². The predicted molar refractivity (Wildman–Crippen MR) is 82.7 cm³/mol. The highest BCUT2D eigenvalue weighted by molar-refractivity contribution is 5.59. The molecule has 7 heteroatoms. The van der Waals surface area contributed by atoms with Crippen LogP contribution < -0.4 is 10.2 Å². The fraction of sp³-hybridized carbons (Fsp3) is 0.714. The molecule has 0 aromatic carbocycles. The molecule has 116 valence electrons. The Kier molecular flexibility index (Phi) is 4.93. The molecule has 1 N–H and O–H groups in total. The molecule has 2 atom stereocenters. The Morgan fingerprint density at radius 1 is 1.48 bits per heavy atom. The highest BCUT2D eigenvalue weighted by Gasteiger charge is 2.30. The van der Waals surface area contributed by atoms with Gasteiger partial charge in [-0.05, 0) is 32.1 Å². The first-order valence-electron chi connectivity index (χ1n) is 7.54. The number of anilines is 2. The zero-order valence-corrected chi connectivity index (χ0v) is 12.9. The summed E-state index contributed by atoms with van der Waals surface area (Å²) < 4.78 is 0. The van der Waals surface area contributed by atoms with Crippen LogP contribution in [-0.4, -0.2) is 34.0 Å². The van der Waals surface area contributed by atoms with Crippen molar-refractivity contribution in [2.45, 2.75) is 46.1 Å². The van der Waals surface area contributed by atoms with Gasteiger partial charge < -0.3 is 10.2 Å². The molecule has 1 fully saturated rings. The molecular weight excluding hydrogens is 270 g/mol. The molecule has 1 aromatic rings. The van der Waals surface area contributed by atoms with E-state index in [9.17, 15) is 10.1 Å². The summed E-state index contributed by atoms with van der Waals surface area (Å²) in [7, 11) is 0. The van der Waals surface area contributed by atoms with E-state index in [1.807, 2.05) is 11.8 Å². The Hall–Kier alpha value is -1.92. The molecule has 0 spiro atoms. The average molecular weight is 293 g/mol. The lowest BCUT2D eigenvalue weighted by molar-refractivity contribution is -0.384. The normalized spacial score (nSPS) is 22.1. The van der Waals surface area contributed by atoms with Crippen molar-refractivity contribution in [3.05, 3.63) is 16.3 Å². The standard InChI is InChI=1S/C14H23N5O2/c1-4-7-15-14-16-8-12(19(20)21)13(17-14)18-9-10(2)5-6-11(18)3/h8,10-11H,4-7,9H2,1-3H3,(H,15,16,17). The second-order valence-electron chi connectivity index (χ2n) is 5.77. The van der Waals surface area contributed by atoms with Gasteiger partial charge in [0, 0.05) is 19.1 Å². The minimum atomic E-state index is -0.398. The Balaban J connectivity index is 2.35. The number of piperidine rings is 1. The number of rotatable bonds is 5. The third-order valence-corrected chi connectivity index (χ3v) is 3.87. The monoisotopic (exact) mass is 293 g/mol. The van der Waals surface area contributed by atoms with Crippen molar-refractivity contribution in [1.82, 2.24) is 9.97 Å². The van der Waals surface area contributed by atoms with Gasteiger partial charge in [0.2, 0.25) is 11.8 Å². The van der Waals surface area contributed by atoms with E-state index in [0.29, 0.717) is 17.7 Å². The van der Waals surface area contributed by atoms with Crippen LogP contribution in [0.15, 0.2) is 6.20 Å². The molecule has 21 heavy (non-hydrogen) atoms. The first-order valence-corrected chi connectivity index (χ1v) is 7.54. The Morgan fingerprint density at radius 2 is 2.24 bits per heavy atom. The van der Waals surface area contributed by atoms with E-state index in [2.05, 4.69) is 29.1 Å². The van der Waals surface area contributed by atoms with Gasteiger partial charge in [-0.2, -0.15) is 4.98 Å². The quantitative estimate of drug-likeness (QED) is 0.664. The fourth-order valence-electron chi connectivity index (χ4n) is 2.61. The van der Waals surface area contributed by atoms with Crippen LogP contribution in [0.3, 0.4) is 0 Å². The molecule has 1 aromatic heterocycles. The average Bonchev–Trinajstić information content (AvgIpc) is 2.47. The van der Waals surface area contributed by atoms with Crippen molar-refractivity contribution in [3.63, 3.8) is 0 Å². The molecule has 0 saturated carbocycles. The van der Waals surface area contributed by atoms with E-state index in [0.717, 1.165) is 32.4 Å². The van der Waals surface area contributed by atoms with Gasteiger partial charge in [-0.3, -0.25) is 10.1 Å². The summed E-state index contributed by atoms with van der Waals surface area (Å²) in [5, 5.41) is 14.4.